The molecule has 1 amide bonds. The third-order valence-electron chi connectivity index (χ3n) is 5.68. The number of nitro benzene ring substituents is 1. The molecular weight excluding hydrogens is 476 g/mol. The topological polar surface area (TPSA) is 113 Å². The van der Waals surface area contributed by atoms with Crippen LogP contribution in [0.3, 0.4) is 0 Å². The summed E-state index contributed by atoms with van der Waals surface area (Å²) in [6.45, 7) is 5.94. The van der Waals surface area contributed by atoms with Crippen molar-refractivity contribution in [2.75, 3.05) is 12.4 Å². The largest absolute Gasteiger partial charge is 0.497 e. The summed E-state index contributed by atoms with van der Waals surface area (Å²) in [5.41, 5.74) is 2.94. The third-order valence-corrected chi connectivity index (χ3v) is 5.68. The zero-order valence-corrected chi connectivity index (χ0v) is 20.9. The van der Waals surface area contributed by atoms with Crippen molar-refractivity contribution in [1.29, 1.82) is 0 Å². The number of rotatable bonds is 9. The first-order valence-corrected chi connectivity index (χ1v) is 11.4. The lowest BCUT2D eigenvalue weighted by Crippen LogP contribution is -2.11. The van der Waals surface area contributed by atoms with Gasteiger partial charge in [0, 0.05) is 12.1 Å². The van der Waals surface area contributed by atoms with E-state index in [2.05, 4.69) is 5.32 Å². The van der Waals surface area contributed by atoms with Gasteiger partial charge < -0.3 is 23.9 Å². The molecule has 0 fully saturated rings. The minimum atomic E-state index is -0.565. The number of hydrogen-bond donors (Lipinski definition) is 1. The van der Waals surface area contributed by atoms with E-state index in [0.717, 1.165) is 16.7 Å². The summed E-state index contributed by atoms with van der Waals surface area (Å²) in [4.78, 5) is 23.8. The molecule has 1 N–H and O–H groups in total. The lowest BCUT2D eigenvalue weighted by molar-refractivity contribution is -0.384. The quantitative estimate of drug-likeness (QED) is 0.199. The van der Waals surface area contributed by atoms with Crippen molar-refractivity contribution in [3.63, 3.8) is 0 Å². The molecule has 0 aliphatic carbocycles. The zero-order valence-electron chi connectivity index (χ0n) is 20.9. The molecule has 1 aromatic heterocycles. The van der Waals surface area contributed by atoms with E-state index in [1.807, 2.05) is 32.9 Å². The van der Waals surface area contributed by atoms with Crippen molar-refractivity contribution in [3.05, 3.63) is 105 Å². The molecular formula is C28H26N2O7. The van der Waals surface area contributed by atoms with E-state index in [0.29, 0.717) is 23.0 Å². The van der Waals surface area contributed by atoms with Gasteiger partial charge in [-0.05, 0) is 79.9 Å². The molecule has 0 aliphatic heterocycles. The van der Waals surface area contributed by atoms with E-state index in [9.17, 15) is 14.9 Å². The first-order chi connectivity index (χ1) is 17.7. The lowest BCUT2D eigenvalue weighted by atomic mass is 10.1. The van der Waals surface area contributed by atoms with Gasteiger partial charge in [-0.1, -0.05) is 6.07 Å². The minimum absolute atomic E-state index is 0.0347. The normalized spacial score (nSPS) is 10.6. The maximum atomic E-state index is 12.8. The van der Waals surface area contributed by atoms with E-state index in [1.165, 1.54) is 24.3 Å². The van der Waals surface area contributed by atoms with Crippen LogP contribution >= 0.6 is 0 Å². The minimum Gasteiger partial charge on any atom is -0.497 e. The van der Waals surface area contributed by atoms with E-state index in [1.54, 1.807) is 37.4 Å². The Hall–Kier alpha value is -4.79. The highest BCUT2D eigenvalue weighted by atomic mass is 16.6. The number of non-ortho nitro benzene ring substituents is 1. The van der Waals surface area contributed by atoms with Crippen LogP contribution in [0.25, 0.3) is 0 Å². The van der Waals surface area contributed by atoms with Gasteiger partial charge in [0.25, 0.3) is 11.6 Å². The molecule has 3 aromatic carbocycles. The predicted molar refractivity (Wildman–Crippen MR) is 138 cm³/mol. The molecule has 0 atom stereocenters. The van der Waals surface area contributed by atoms with Gasteiger partial charge in [-0.3, -0.25) is 14.9 Å². The van der Waals surface area contributed by atoms with Crippen molar-refractivity contribution in [2.45, 2.75) is 27.4 Å². The maximum absolute atomic E-state index is 12.8. The Balaban J connectivity index is 1.48. The molecule has 0 aliphatic rings. The smallest absolute Gasteiger partial charge is 0.291 e. The summed E-state index contributed by atoms with van der Waals surface area (Å²) in [6, 6.07) is 18.2. The number of nitrogens with one attached hydrogen (secondary N) is 1. The molecule has 0 bridgehead atoms. The van der Waals surface area contributed by atoms with Crippen LogP contribution in [0, 0.1) is 30.9 Å². The van der Waals surface area contributed by atoms with Gasteiger partial charge in [0.05, 0.1) is 23.8 Å². The first-order valence-electron chi connectivity index (χ1n) is 11.4. The number of aryl methyl sites for hydroxylation is 2. The monoisotopic (exact) mass is 502 g/mol. The molecule has 0 saturated carbocycles. The number of benzene rings is 3. The Kier molecular flexibility index (Phi) is 7.43. The highest BCUT2D eigenvalue weighted by Crippen LogP contribution is 2.33. The van der Waals surface area contributed by atoms with Gasteiger partial charge in [0.2, 0.25) is 0 Å². The molecule has 190 valence electrons. The van der Waals surface area contributed by atoms with E-state index < -0.39 is 10.8 Å². The highest BCUT2D eigenvalue weighted by Gasteiger charge is 2.17. The van der Waals surface area contributed by atoms with Gasteiger partial charge in [0.15, 0.2) is 5.76 Å². The second-order valence-corrected chi connectivity index (χ2v) is 8.46. The van der Waals surface area contributed by atoms with Crippen LogP contribution in [0.2, 0.25) is 0 Å². The van der Waals surface area contributed by atoms with E-state index in [-0.39, 0.29) is 29.5 Å². The maximum Gasteiger partial charge on any atom is 0.291 e. The fourth-order valence-electron chi connectivity index (χ4n) is 3.65. The van der Waals surface area contributed by atoms with Gasteiger partial charge in [-0.25, -0.2) is 0 Å². The SMILES string of the molecule is COc1ccc(OCc2ccc(C(=O)Nc3cc(Oc4cc(C)cc(C)c4C)cc([N+](=O)[O-])c3)o2)cc1. The molecule has 0 radical (unpaired) electrons. The summed E-state index contributed by atoms with van der Waals surface area (Å²) >= 11 is 0. The van der Waals surface area contributed by atoms with E-state index >= 15 is 0 Å². The number of carbonyl (C=O) groups is 1. The van der Waals surface area contributed by atoms with Crippen LogP contribution in [0.5, 0.6) is 23.0 Å². The molecule has 4 rings (SSSR count). The first kappa shape index (κ1) is 25.3. The second-order valence-electron chi connectivity index (χ2n) is 8.46. The number of methoxy groups -OCH3 is 1. The summed E-state index contributed by atoms with van der Waals surface area (Å²) in [6.07, 6.45) is 0. The third kappa shape index (κ3) is 6.26. The van der Waals surface area contributed by atoms with Gasteiger partial charge in [0.1, 0.15) is 35.4 Å². The molecule has 9 heteroatoms. The number of nitro groups is 1. The number of amides is 1. The molecule has 0 unspecified atom stereocenters. The number of ether oxygens (including phenoxy) is 3. The lowest BCUT2D eigenvalue weighted by Gasteiger charge is -2.13. The second kappa shape index (κ2) is 10.9. The Labute approximate surface area is 213 Å². The molecule has 9 nitrogen and oxygen atoms in total. The Morgan fingerprint density at radius 3 is 2.38 bits per heavy atom. The highest BCUT2D eigenvalue weighted by molar-refractivity contribution is 6.02. The number of anilines is 1. The summed E-state index contributed by atoms with van der Waals surface area (Å²) < 4.78 is 22.4. The predicted octanol–water partition coefficient (Wildman–Crippen LogP) is 6.75. The van der Waals surface area contributed by atoms with Crippen LogP contribution in [0.15, 0.2) is 71.1 Å². The molecule has 37 heavy (non-hydrogen) atoms. The Bertz CT molecular complexity index is 1440. The van der Waals surface area contributed by atoms with Crippen LogP contribution < -0.4 is 19.5 Å². The fraction of sp³-hybridized carbons (Fsp3) is 0.179. The van der Waals surface area contributed by atoms with E-state index in [4.69, 9.17) is 18.6 Å². The van der Waals surface area contributed by atoms with Crippen molar-refractivity contribution in [2.24, 2.45) is 0 Å². The molecule has 0 spiro atoms. The van der Waals surface area contributed by atoms with Crippen molar-refractivity contribution < 1.29 is 28.3 Å². The zero-order chi connectivity index (χ0) is 26.5. The van der Waals surface area contributed by atoms with Gasteiger partial charge >= 0.3 is 0 Å². The van der Waals surface area contributed by atoms with Crippen molar-refractivity contribution in [1.82, 2.24) is 0 Å². The van der Waals surface area contributed by atoms with Crippen LogP contribution in [-0.2, 0) is 6.61 Å². The van der Waals surface area contributed by atoms with Gasteiger partial charge in [-0.2, -0.15) is 0 Å². The number of furan rings is 1. The molecule has 1 heterocycles. The fourth-order valence-corrected chi connectivity index (χ4v) is 3.65. The average molecular weight is 503 g/mol. The molecule has 4 aromatic rings. The number of carbonyl (C=O) groups excluding carboxylic acids is 1. The average Bonchev–Trinajstić information content (AvgIpc) is 3.35. The Morgan fingerprint density at radius 1 is 0.946 bits per heavy atom. The number of hydrogen-bond acceptors (Lipinski definition) is 7. The van der Waals surface area contributed by atoms with Crippen molar-refractivity contribution >= 4 is 17.3 Å². The van der Waals surface area contributed by atoms with Crippen molar-refractivity contribution in [3.8, 4) is 23.0 Å². The summed E-state index contributed by atoms with van der Waals surface area (Å²) in [5.74, 6) is 2.05. The summed E-state index contributed by atoms with van der Waals surface area (Å²) in [7, 11) is 1.58. The Morgan fingerprint density at radius 2 is 1.68 bits per heavy atom. The standard InChI is InChI=1S/C28H26N2O7/c1-17-11-18(2)19(3)27(12-17)37-25-14-20(13-21(15-25)30(32)33)29-28(31)26-10-9-24(36-26)16-35-23-7-5-22(34-4)6-8-23/h5-15H,16H2,1-4H3,(H,29,31). The summed E-state index contributed by atoms with van der Waals surface area (Å²) in [5, 5.41) is 14.2. The van der Waals surface area contributed by atoms with Crippen LogP contribution in [0.4, 0.5) is 11.4 Å². The molecule has 0 saturated heterocycles. The van der Waals surface area contributed by atoms with Gasteiger partial charge in [-0.15, -0.1) is 0 Å². The number of nitrogens with zero attached hydrogens (tertiary/aromatic N) is 1. The van der Waals surface area contributed by atoms with Crippen LogP contribution in [-0.4, -0.2) is 17.9 Å². The van der Waals surface area contributed by atoms with Crippen LogP contribution in [0.1, 0.15) is 33.0 Å².